The van der Waals surface area contributed by atoms with Gasteiger partial charge in [0.25, 0.3) is 0 Å². The van der Waals surface area contributed by atoms with Crippen molar-refractivity contribution < 1.29 is 19.8 Å². The summed E-state index contributed by atoms with van der Waals surface area (Å²) in [6.45, 7) is 0. The van der Waals surface area contributed by atoms with Crippen molar-refractivity contribution in [2.24, 2.45) is 5.92 Å². The topological polar surface area (TPSA) is 74.6 Å². The number of carbonyl (C=O) groups is 2. The highest BCUT2D eigenvalue weighted by Crippen LogP contribution is 2.54. The zero-order chi connectivity index (χ0) is 12.6. The molecule has 0 heterocycles. The fourth-order valence-corrected chi connectivity index (χ4v) is 2.54. The maximum absolute atomic E-state index is 11.3. The van der Waals surface area contributed by atoms with Crippen molar-refractivity contribution in [1.82, 2.24) is 0 Å². The summed E-state index contributed by atoms with van der Waals surface area (Å²) >= 11 is 1.56. The zero-order valence-corrected chi connectivity index (χ0v) is 10.0. The van der Waals surface area contributed by atoms with Gasteiger partial charge in [0.15, 0.2) is 0 Å². The normalized spacial score (nSPS) is 26.5. The van der Waals surface area contributed by atoms with Gasteiger partial charge >= 0.3 is 11.9 Å². The molecule has 2 atom stereocenters. The number of carboxylic acid groups (broad SMARTS) is 2. The van der Waals surface area contributed by atoms with Crippen LogP contribution in [0.25, 0.3) is 0 Å². The smallest absolute Gasteiger partial charge is 0.315 e. The first-order valence-corrected chi connectivity index (χ1v) is 6.35. The fourth-order valence-electron chi connectivity index (χ4n) is 2.13. The molecular formula is C12H12O4S. The third-order valence-corrected chi connectivity index (χ3v) is 3.99. The minimum absolute atomic E-state index is 0.177. The first-order chi connectivity index (χ1) is 8.02. The Bertz CT molecular complexity index is 468. The second-order valence-corrected chi connectivity index (χ2v) is 4.98. The van der Waals surface area contributed by atoms with Crippen LogP contribution in [-0.4, -0.2) is 28.4 Å². The second kappa shape index (κ2) is 4.07. The number of benzene rings is 1. The van der Waals surface area contributed by atoms with Crippen molar-refractivity contribution in [2.45, 2.75) is 16.7 Å². The van der Waals surface area contributed by atoms with Crippen LogP contribution >= 0.6 is 11.8 Å². The molecule has 0 saturated heterocycles. The molecule has 1 aromatic rings. The lowest BCUT2D eigenvalue weighted by molar-refractivity contribution is -0.145. The number of rotatable bonds is 4. The Morgan fingerprint density at radius 3 is 2.24 bits per heavy atom. The summed E-state index contributed by atoms with van der Waals surface area (Å²) in [4.78, 5) is 23.2. The van der Waals surface area contributed by atoms with Crippen molar-refractivity contribution in [2.75, 3.05) is 6.26 Å². The Labute approximate surface area is 103 Å². The van der Waals surface area contributed by atoms with Crippen molar-refractivity contribution in [3.8, 4) is 0 Å². The van der Waals surface area contributed by atoms with Crippen molar-refractivity contribution in [3.05, 3.63) is 29.8 Å². The van der Waals surface area contributed by atoms with Crippen LogP contribution in [-0.2, 0) is 15.0 Å². The standard InChI is InChI=1S/C12H12O4S/c1-17-8-4-2-7(3-5-8)12(11(15)16)6-9(12)10(13)14/h2-5,9H,6H2,1H3,(H,13,14)(H,15,16). The van der Waals surface area contributed by atoms with E-state index in [1.807, 2.05) is 18.4 Å². The van der Waals surface area contributed by atoms with E-state index in [-0.39, 0.29) is 6.42 Å². The molecule has 17 heavy (non-hydrogen) atoms. The first-order valence-electron chi connectivity index (χ1n) is 5.13. The molecule has 1 aliphatic carbocycles. The Morgan fingerprint density at radius 1 is 1.29 bits per heavy atom. The minimum Gasteiger partial charge on any atom is -0.481 e. The van der Waals surface area contributed by atoms with Gasteiger partial charge in [0, 0.05) is 4.90 Å². The largest absolute Gasteiger partial charge is 0.481 e. The molecule has 0 aromatic heterocycles. The number of hydrogen-bond acceptors (Lipinski definition) is 3. The van der Waals surface area contributed by atoms with Crippen molar-refractivity contribution in [3.63, 3.8) is 0 Å². The Hall–Kier alpha value is -1.49. The Kier molecular flexibility index (Phi) is 2.87. The van der Waals surface area contributed by atoms with Gasteiger partial charge in [-0.2, -0.15) is 0 Å². The monoisotopic (exact) mass is 252 g/mol. The van der Waals surface area contributed by atoms with E-state index in [9.17, 15) is 14.7 Å². The van der Waals surface area contributed by atoms with Crippen LogP contribution in [0.15, 0.2) is 29.2 Å². The van der Waals surface area contributed by atoms with Crippen LogP contribution in [0.1, 0.15) is 12.0 Å². The number of thioether (sulfide) groups is 1. The van der Waals surface area contributed by atoms with Gasteiger partial charge in [-0.3, -0.25) is 9.59 Å². The van der Waals surface area contributed by atoms with Gasteiger partial charge in [0.05, 0.1) is 5.92 Å². The second-order valence-electron chi connectivity index (χ2n) is 4.10. The van der Waals surface area contributed by atoms with E-state index in [1.165, 1.54) is 0 Å². The lowest BCUT2D eigenvalue weighted by Gasteiger charge is -2.11. The molecule has 4 nitrogen and oxygen atoms in total. The molecule has 2 N–H and O–H groups in total. The van der Waals surface area contributed by atoms with E-state index in [1.54, 1.807) is 23.9 Å². The van der Waals surface area contributed by atoms with E-state index in [0.717, 1.165) is 4.90 Å². The van der Waals surface area contributed by atoms with Crippen LogP contribution in [0.3, 0.4) is 0 Å². The number of carboxylic acids is 2. The summed E-state index contributed by atoms with van der Waals surface area (Å²) in [6, 6.07) is 7.07. The number of hydrogen-bond donors (Lipinski definition) is 2. The lowest BCUT2D eigenvalue weighted by Crippen LogP contribution is -2.25. The molecule has 5 heteroatoms. The van der Waals surface area contributed by atoms with Crippen LogP contribution in [0.4, 0.5) is 0 Å². The predicted molar refractivity (Wildman–Crippen MR) is 63.3 cm³/mol. The van der Waals surface area contributed by atoms with Gasteiger partial charge in [0.1, 0.15) is 5.41 Å². The molecule has 1 saturated carbocycles. The maximum Gasteiger partial charge on any atom is 0.315 e. The third-order valence-electron chi connectivity index (χ3n) is 3.25. The van der Waals surface area contributed by atoms with Crippen LogP contribution in [0.2, 0.25) is 0 Å². The van der Waals surface area contributed by atoms with E-state index in [4.69, 9.17) is 5.11 Å². The third kappa shape index (κ3) is 1.80. The highest BCUT2D eigenvalue weighted by molar-refractivity contribution is 7.98. The highest BCUT2D eigenvalue weighted by atomic mass is 32.2. The molecule has 2 rings (SSSR count). The Balaban J connectivity index is 2.36. The molecule has 0 aliphatic heterocycles. The number of aliphatic carboxylic acids is 2. The summed E-state index contributed by atoms with van der Waals surface area (Å²) in [5.41, 5.74) is -0.641. The van der Waals surface area contributed by atoms with E-state index in [0.29, 0.717) is 5.56 Å². The van der Waals surface area contributed by atoms with Crippen LogP contribution in [0, 0.1) is 5.92 Å². The molecular weight excluding hydrogens is 240 g/mol. The molecule has 1 fully saturated rings. The van der Waals surface area contributed by atoms with Crippen molar-refractivity contribution in [1.29, 1.82) is 0 Å². The summed E-state index contributed by atoms with van der Waals surface area (Å²) in [5.74, 6) is -2.90. The van der Waals surface area contributed by atoms with E-state index >= 15 is 0 Å². The molecule has 0 radical (unpaired) electrons. The summed E-state index contributed by atoms with van der Waals surface area (Å²) < 4.78 is 0. The zero-order valence-electron chi connectivity index (χ0n) is 9.21. The molecule has 0 bridgehead atoms. The van der Waals surface area contributed by atoms with E-state index in [2.05, 4.69) is 0 Å². The molecule has 0 amide bonds. The maximum atomic E-state index is 11.3. The van der Waals surface area contributed by atoms with Crippen LogP contribution in [0.5, 0.6) is 0 Å². The van der Waals surface area contributed by atoms with E-state index < -0.39 is 23.3 Å². The minimum atomic E-state index is -1.22. The lowest BCUT2D eigenvalue weighted by atomic mass is 9.93. The highest BCUT2D eigenvalue weighted by Gasteiger charge is 2.65. The average molecular weight is 252 g/mol. The van der Waals surface area contributed by atoms with Gasteiger partial charge in [0.2, 0.25) is 0 Å². The first kappa shape index (κ1) is 12.0. The molecule has 90 valence electrons. The van der Waals surface area contributed by atoms with Crippen LogP contribution < -0.4 is 0 Å². The SMILES string of the molecule is CSc1ccc(C2(C(=O)O)CC2C(=O)O)cc1. The van der Waals surface area contributed by atoms with Gasteiger partial charge in [-0.15, -0.1) is 11.8 Å². The van der Waals surface area contributed by atoms with Gasteiger partial charge in [-0.05, 0) is 30.4 Å². The quantitative estimate of drug-likeness (QED) is 0.800. The van der Waals surface area contributed by atoms with Gasteiger partial charge < -0.3 is 10.2 Å². The molecule has 1 aromatic carbocycles. The summed E-state index contributed by atoms with van der Waals surface area (Å²) in [7, 11) is 0. The van der Waals surface area contributed by atoms with Gasteiger partial charge in [-0.25, -0.2) is 0 Å². The fraction of sp³-hybridized carbons (Fsp3) is 0.333. The Morgan fingerprint density at radius 2 is 1.88 bits per heavy atom. The summed E-state index contributed by atoms with van der Waals surface area (Å²) in [5, 5.41) is 18.2. The molecule has 0 spiro atoms. The van der Waals surface area contributed by atoms with Crippen molar-refractivity contribution >= 4 is 23.7 Å². The predicted octanol–water partition coefficient (Wildman–Crippen LogP) is 1.84. The van der Waals surface area contributed by atoms with Gasteiger partial charge in [-0.1, -0.05) is 12.1 Å². The average Bonchev–Trinajstić information content (AvgIpc) is 3.06. The molecule has 2 unspecified atom stereocenters. The molecule has 1 aliphatic rings. The summed E-state index contributed by atoms with van der Waals surface area (Å²) in [6.07, 6.45) is 2.11.